The molecule has 1 aliphatic heterocycles. The molecule has 0 aromatic carbocycles. The normalized spacial score (nSPS) is 53.2. The predicted octanol–water partition coefficient (Wildman–Crippen LogP) is 5.55. The molecule has 0 aromatic heterocycles. The molecule has 136 valence electrons. The third kappa shape index (κ3) is 1.96. The van der Waals surface area contributed by atoms with Crippen LogP contribution in [0.15, 0.2) is 0 Å². The summed E-state index contributed by atoms with van der Waals surface area (Å²) in [7, 11) is 0. The van der Waals surface area contributed by atoms with Crippen LogP contribution in [0.2, 0.25) is 0 Å². The largest absolute Gasteiger partial charge is 0.347 e. The fourth-order valence-corrected chi connectivity index (χ4v) is 8.36. The van der Waals surface area contributed by atoms with Crippen LogP contribution in [0, 0.1) is 34.5 Å². The monoisotopic (exact) mass is 332 g/mol. The smallest absolute Gasteiger partial charge is 0.174 e. The zero-order chi connectivity index (χ0) is 16.4. The highest BCUT2D eigenvalue weighted by Crippen LogP contribution is 2.69. The molecule has 1 spiro atoms. The minimum Gasteiger partial charge on any atom is -0.347 e. The van der Waals surface area contributed by atoms with Gasteiger partial charge in [-0.15, -0.1) is 0 Å². The van der Waals surface area contributed by atoms with Gasteiger partial charge in [0.1, 0.15) is 0 Å². The maximum Gasteiger partial charge on any atom is 0.174 e. The number of fused-ring (bicyclic) bond motifs is 6. The molecule has 4 saturated carbocycles. The van der Waals surface area contributed by atoms with E-state index < -0.39 is 0 Å². The summed E-state index contributed by atoms with van der Waals surface area (Å²) in [5.41, 5.74) is 0.909. The van der Waals surface area contributed by atoms with Crippen LogP contribution in [0.1, 0.15) is 84.5 Å². The number of rotatable bonds is 0. The molecule has 0 bridgehead atoms. The molecular weight excluding hydrogens is 296 g/mol. The summed E-state index contributed by atoms with van der Waals surface area (Å²) in [4.78, 5) is 0. The standard InChI is InChI=1S/C22H36O2/c1-20-11-5-3-4-6-16(20)7-8-17-18(20)9-12-21(2)19(17)10-13-22(21)23-14-15-24-22/h16-19H,3-15H2,1-2H3/t16-,17-,18+,19+,20+,21+/m1/s1. The van der Waals surface area contributed by atoms with Gasteiger partial charge in [-0.25, -0.2) is 0 Å². The summed E-state index contributed by atoms with van der Waals surface area (Å²) >= 11 is 0. The van der Waals surface area contributed by atoms with Gasteiger partial charge in [-0.05, 0) is 74.0 Å². The number of hydrogen-bond donors (Lipinski definition) is 0. The fraction of sp³-hybridized carbons (Fsp3) is 1.00. The topological polar surface area (TPSA) is 18.5 Å². The summed E-state index contributed by atoms with van der Waals surface area (Å²) < 4.78 is 12.6. The average Bonchev–Trinajstić information content (AvgIpc) is 3.10. The first-order chi connectivity index (χ1) is 11.6. The van der Waals surface area contributed by atoms with Crippen molar-refractivity contribution in [3.63, 3.8) is 0 Å². The van der Waals surface area contributed by atoms with Crippen LogP contribution in [0.25, 0.3) is 0 Å². The Morgan fingerprint density at radius 1 is 0.708 bits per heavy atom. The minimum atomic E-state index is -0.218. The quantitative estimate of drug-likeness (QED) is 0.579. The van der Waals surface area contributed by atoms with Gasteiger partial charge in [0, 0.05) is 11.8 Å². The van der Waals surface area contributed by atoms with Crippen molar-refractivity contribution in [3.8, 4) is 0 Å². The Labute approximate surface area is 148 Å². The molecule has 5 rings (SSSR count). The van der Waals surface area contributed by atoms with Gasteiger partial charge in [0.2, 0.25) is 0 Å². The molecule has 0 N–H and O–H groups in total. The maximum atomic E-state index is 6.28. The first kappa shape index (κ1) is 16.1. The lowest BCUT2D eigenvalue weighted by Gasteiger charge is -2.59. The summed E-state index contributed by atoms with van der Waals surface area (Å²) in [5.74, 6) is 3.55. The Morgan fingerprint density at radius 2 is 1.50 bits per heavy atom. The van der Waals surface area contributed by atoms with Crippen LogP contribution in [0.3, 0.4) is 0 Å². The van der Waals surface area contributed by atoms with Gasteiger partial charge >= 0.3 is 0 Å². The van der Waals surface area contributed by atoms with Crippen molar-refractivity contribution < 1.29 is 9.47 Å². The van der Waals surface area contributed by atoms with Crippen LogP contribution in [-0.4, -0.2) is 19.0 Å². The lowest BCUT2D eigenvalue weighted by molar-refractivity contribution is -0.246. The van der Waals surface area contributed by atoms with Gasteiger partial charge in [0.15, 0.2) is 5.79 Å². The molecule has 24 heavy (non-hydrogen) atoms. The molecule has 0 aromatic rings. The highest BCUT2D eigenvalue weighted by Gasteiger charge is 2.66. The Balaban J connectivity index is 1.46. The fourth-order valence-electron chi connectivity index (χ4n) is 8.36. The van der Waals surface area contributed by atoms with E-state index in [-0.39, 0.29) is 11.2 Å². The Morgan fingerprint density at radius 3 is 2.33 bits per heavy atom. The van der Waals surface area contributed by atoms with E-state index in [4.69, 9.17) is 9.47 Å². The van der Waals surface area contributed by atoms with E-state index >= 15 is 0 Å². The zero-order valence-electron chi connectivity index (χ0n) is 15.8. The first-order valence-corrected chi connectivity index (χ1v) is 10.9. The van der Waals surface area contributed by atoms with E-state index in [1.54, 1.807) is 0 Å². The molecule has 5 fully saturated rings. The van der Waals surface area contributed by atoms with E-state index in [0.717, 1.165) is 43.3 Å². The van der Waals surface area contributed by atoms with Crippen molar-refractivity contribution in [2.45, 2.75) is 90.3 Å². The van der Waals surface area contributed by atoms with Crippen LogP contribution in [0.5, 0.6) is 0 Å². The first-order valence-electron chi connectivity index (χ1n) is 10.9. The molecule has 0 unspecified atom stereocenters. The van der Waals surface area contributed by atoms with Crippen molar-refractivity contribution in [1.82, 2.24) is 0 Å². The summed E-state index contributed by atoms with van der Waals surface area (Å²) in [6, 6.07) is 0. The van der Waals surface area contributed by atoms with Crippen LogP contribution in [0.4, 0.5) is 0 Å². The minimum absolute atomic E-state index is 0.218. The maximum absolute atomic E-state index is 6.28. The van der Waals surface area contributed by atoms with Crippen LogP contribution < -0.4 is 0 Å². The van der Waals surface area contributed by atoms with Crippen LogP contribution in [-0.2, 0) is 9.47 Å². The van der Waals surface area contributed by atoms with Gasteiger partial charge in [-0.3, -0.25) is 0 Å². The number of ether oxygens (including phenoxy) is 2. The molecule has 2 nitrogen and oxygen atoms in total. The third-order valence-corrected chi connectivity index (χ3v) is 9.63. The SMILES string of the molecule is C[C@]12CCCCC[C@@H]1CC[C@@H]1[C@@H]2CC[C@@]2(C)[C@H]1CCC21OCCO1. The summed E-state index contributed by atoms with van der Waals surface area (Å²) in [5, 5.41) is 0. The van der Waals surface area contributed by atoms with Crippen molar-refractivity contribution in [1.29, 1.82) is 0 Å². The lowest BCUT2D eigenvalue weighted by Crippen LogP contribution is -2.55. The Kier molecular flexibility index (Phi) is 3.67. The zero-order valence-corrected chi connectivity index (χ0v) is 15.8. The second-order valence-electron chi connectivity index (χ2n) is 10.2. The summed E-state index contributed by atoms with van der Waals surface area (Å²) in [6.07, 6.45) is 15.7. The molecule has 0 radical (unpaired) electrons. The van der Waals surface area contributed by atoms with Gasteiger partial charge < -0.3 is 9.47 Å². The van der Waals surface area contributed by atoms with E-state index in [0.29, 0.717) is 5.41 Å². The van der Waals surface area contributed by atoms with E-state index in [1.807, 2.05) is 0 Å². The van der Waals surface area contributed by atoms with Crippen molar-refractivity contribution >= 4 is 0 Å². The Bertz CT molecular complexity index is 494. The predicted molar refractivity (Wildman–Crippen MR) is 95.6 cm³/mol. The van der Waals surface area contributed by atoms with Gasteiger partial charge in [-0.2, -0.15) is 0 Å². The second-order valence-corrected chi connectivity index (χ2v) is 10.2. The Hall–Kier alpha value is -0.0800. The molecule has 0 amide bonds. The van der Waals surface area contributed by atoms with E-state index in [1.165, 1.54) is 64.2 Å². The molecule has 6 atom stereocenters. The second kappa shape index (κ2) is 5.46. The highest BCUT2D eigenvalue weighted by molar-refractivity contribution is 5.12. The van der Waals surface area contributed by atoms with Crippen molar-refractivity contribution in [2.24, 2.45) is 34.5 Å². The molecular formula is C22H36O2. The molecule has 4 aliphatic carbocycles. The third-order valence-electron chi connectivity index (χ3n) is 9.63. The van der Waals surface area contributed by atoms with Gasteiger partial charge in [0.25, 0.3) is 0 Å². The lowest BCUT2D eigenvalue weighted by atomic mass is 9.46. The highest BCUT2D eigenvalue weighted by atomic mass is 16.7. The molecule has 2 heteroatoms. The number of hydrogen-bond acceptors (Lipinski definition) is 2. The van der Waals surface area contributed by atoms with Crippen molar-refractivity contribution in [2.75, 3.05) is 13.2 Å². The van der Waals surface area contributed by atoms with E-state index in [9.17, 15) is 0 Å². The van der Waals surface area contributed by atoms with Gasteiger partial charge in [0.05, 0.1) is 13.2 Å². The van der Waals surface area contributed by atoms with E-state index in [2.05, 4.69) is 13.8 Å². The molecule has 1 heterocycles. The average molecular weight is 333 g/mol. The molecule has 5 aliphatic rings. The van der Waals surface area contributed by atoms with Crippen molar-refractivity contribution in [3.05, 3.63) is 0 Å². The van der Waals surface area contributed by atoms with Gasteiger partial charge in [-0.1, -0.05) is 33.1 Å². The molecule has 1 saturated heterocycles. The van der Waals surface area contributed by atoms with Crippen LogP contribution >= 0.6 is 0 Å². The summed E-state index contributed by atoms with van der Waals surface area (Å²) in [6.45, 7) is 6.84.